The molecule has 4 nitrogen and oxygen atoms in total. The van der Waals surface area contributed by atoms with Crippen molar-refractivity contribution in [1.29, 1.82) is 0 Å². The largest absolute Gasteiger partial charge is 0.496 e. The number of methoxy groups -OCH3 is 2. The third-order valence-electron chi connectivity index (χ3n) is 3.62. The van der Waals surface area contributed by atoms with Crippen LogP contribution in [0.4, 0.5) is 0 Å². The van der Waals surface area contributed by atoms with E-state index in [-0.39, 0.29) is 11.7 Å². The number of Topliss-reactive ketones (excluding diaryl/α,β-unsaturated/α-hetero) is 1. The second-order valence-corrected chi connectivity index (χ2v) is 5.19. The summed E-state index contributed by atoms with van der Waals surface area (Å²) in [5, 5.41) is 0. The zero-order chi connectivity index (χ0) is 14.0. The lowest BCUT2D eigenvalue weighted by molar-refractivity contribution is 0.0872. The van der Waals surface area contributed by atoms with Gasteiger partial charge in [0.1, 0.15) is 11.5 Å². The molecule has 0 amide bonds. The van der Waals surface area contributed by atoms with Gasteiger partial charge in [0, 0.05) is 18.0 Å². The second kappa shape index (κ2) is 5.61. The van der Waals surface area contributed by atoms with E-state index in [1.54, 1.807) is 14.2 Å². The molecule has 1 atom stereocenters. The molecule has 104 valence electrons. The average molecular weight is 263 g/mol. The van der Waals surface area contributed by atoms with Crippen LogP contribution in [0.1, 0.15) is 22.3 Å². The van der Waals surface area contributed by atoms with Gasteiger partial charge in [-0.1, -0.05) is 0 Å². The summed E-state index contributed by atoms with van der Waals surface area (Å²) in [5.74, 6) is 1.66. The van der Waals surface area contributed by atoms with Crippen LogP contribution in [0.15, 0.2) is 12.1 Å². The molecular formula is C15H21NO3. The van der Waals surface area contributed by atoms with Crippen LogP contribution in [0.5, 0.6) is 11.5 Å². The predicted molar refractivity (Wildman–Crippen MR) is 74.2 cm³/mol. The molecule has 0 fully saturated rings. The van der Waals surface area contributed by atoms with Crippen molar-refractivity contribution in [2.45, 2.75) is 12.8 Å². The van der Waals surface area contributed by atoms with Crippen molar-refractivity contribution in [3.05, 3.63) is 23.3 Å². The molecule has 0 aliphatic heterocycles. The molecule has 0 N–H and O–H groups in total. The fraction of sp³-hybridized carbons (Fsp3) is 0.533. The Morgan fingerprint density at radius 2 is 1.84 bits per heavy atom. The molecular weight excluding hydrogens is 242 g/mol. The van der Waals surface area contributed by atoms with Crippen molar-refractivity contribution < 1.29 is 14.3 Å². The molecule has 1 aliphatic carbocycles. The lowest BCUT2D eigenvalue weighted by Crippen LogP contribution is -2.32. The number of carbonyl (C=O) groups is 1. The molecule has 0 saturated carbocycles. The van der Waals surface area contributed by atoms with E-state index in [1.165, 1.54) is 0 Å². The van der Waals surface area contributed by atoms with Crippen molar-refractivity contribution >= 4 is 5.78 Å². The third kappa shape index (κ3) is 2.59. The Bertz CT molecular complexity index is 483. The molecule has 0 bridgehead atoms. The minimum atomic E-state index is 0.0449. The number of carbonyl (C=O) groups excluding carboxylic acids is 1. The van der Waals surface area contributed by atoms with Crippen molar-refractivity contribution in [3.63, 3.8) is 0 Å². The summed E-state index contributed by atoms with van der Waals surface area (Å²) in [6, 6.07) is 3.69. The molecule has 1 aliphatic rings. The van der Waals surface area contributed by atoms with Crippen LogP contribution in [0.3, 0.4) is 0 Å². The van der Waals surface area contributed by atoms with E-state index in [4.69, 9.17) is 9.47 Å². The molecule has 1 aromatic carbocycles. The van der Waals surface area contributed by atoms with Crippen LogP contribution in [0.2, 0.25) is 0 Å². The third-order valence-corrected chi connectivity index (χ3v) is 3.62. The quantitative estimate of drug-likeness (QED) is 0.833. The molecule has 1 unspecified atom stereocenters. The molecule has 0 radical (unpaired) electrons. The Kier molecular flexibility index (Phi) is 4.10. The highest BCUT2D eigenvalue weighted by Gasteiger charge is 2.32. The number of hydrogen-bond donors (Lipinski definition) is 0. The van der Waals surface area contributed by atoms with Crippen LogP contribution in [0, 0.1) is 5.92 Å². The first-order valence-corrected chi connectivity index (χ1v) is 6.51. The van der Waals surface area contributed by atoms with Gasteiger partial charge in [0.15, 0.2) is 5.78 Å². The first-order chi connectivity index (χ1) is 9.08. The summed E-state index contributed by atoms with van der Waals surface area (Å²) < 4.78 is 10.7. The number of fused-ring (bicyclic) bond motifs is 1. The van der Waals surface area contributed by atoms with Crippen molar-refractivity contribution in [2.24, 2.45) is 5.92 Å². The summed E-state index contributed by atoms with van der Waals surface area (Å²) >= 11 is 0. The molecule has 2 rings (SSSR count). The van der Waals surface area contributed by atoms with Crippen molar-refractivity contribution in [2.75, 3.05) is 34.9 Å². The standard InChI is InChI=1S/C15H21NO3/c1-16(2)9-10-5-6-11-12(18-3)7-8-13(19-4)14(11)15(10)17/h7-8,10H,5-6,9H2,1-4H3. The summed E-state index contributed by atoms with van der Waals surface area (Å²) in [5.41, 5.74) is 1.70. The van der Waals surface area contributed by atoms with Gasteiger partial charge in [-0.3, -0.25) is 4.79 Å². The number of ketones is 1. The van der Waals surface area contributed by atoms with E-state index in [2.05, 4.69) is 4.90 Å². The summed E-state index contributed by atoms with van der Waals surface area (Å²) in [6.45, 7) is 0.776. The number of benzene rings is 1. The van der Waals surface area contributed by atoms with E-state index in [9.17, 15) is 4.79 Å². The highest BCUT2D eigenvalue weighted by Crippen LogP contribution is 2.37. The van der Waals surface area contributed by atoms with Crippen LogP contribution in [-0.2, 0) is 6.42 Å². The van der Waals surface area contributed by atoms with Gasteiger partial charge in [0.25, 0.3) is 0 Å². The Balaban J connectivity index is 2.43. The lowest BCUT2D eigenvalue weighted by atomic mass is 9.81. The molecule has 19 heavy (non-hydrogen) atoms. The molecule has 0 aromatic heterocycles. The predicted octanol–water partition coefficient (Wildman–Crippen LogP) is 2.01. The normalized spacial score (nSPS) is 18.4. The first kappa shape index (κ1) is 13.9. The summed E-state index contributed by atoms with van der Waals surface area (Å²) in [6.07, 6.45) is 1.73. The van der Waals surface area contributed by atoms with Crippen LogP contribution in [0.25, 0.3) is 0 Å². The number of rotatable bonds is 4. The molecule has 1 aromatic rings. The van der Waals surface area contributed by atoms with Gasteiger partial charge in [-0.15, -0.1) is 0 Å². The zero-order valence-corrected chi connectivity index (χ0v) is 12.0. The monoisotopic (exact) mass is 263 g/mol. The summed E-state index contributed by atoms with van der Waals surface area (Å²) in [7, 11) is 7.22. The van der Waals surface area contributed by atoms with Gasteiger partial charge < -0.3 is 14.4 Å². The van der Waals surface area contributed by atoms with Gasteiger partial charge in [0.05, 0.1) is 19.8 Å². The molecule has 4 heteroatoms. The van der Waals surface area contributed by atoms with Crippen molar-refractivity contribution in [1.82, 2.24) is 4.90 Å². The van der Waals surface area contributed by atoms with E-state index in [1.807, 2.05) is 26.2 Å². The molecule has 0 heterocycles. The number of hydrogen-bond acceptors (Lipinski definition) is 4. The van der Waals surface area contributed by atoms with Gasteiger partial charge in [0.2, 0.25) is 0 Å². The second-order valence-electron chi connectivity index (χ2n) is 5.19. The van der Waals surface area contributed by atoms with Crippen LogP contribution < -0.4 is 9.47 Å². The lowest BCUT2D eigenvalue weighted by Gasteiger charge is -2.27. The Morgan fingerprint density at radius 3 is 2.42 bits per heavy atom. The topological polar surface area (TPSA) is 38.8 Å². The van der Waals surface area contributed by atoms with Gasteiger partial charge in [-0.25, -0.2) is 0 Å². The highest BCUT2D eigenvalue weighted by molar-refractivity contribution is 6.03. The summed E-state index contributed by atoms with van der Waals surface area (Å²) in [4.78, 5) is 14.7. The zero-order valence-electron chi connectivity index (χ0n) is 12.0. The fourth-order valence-corrected chi connectivity index (χ4v) is 2.76. The van der Waals surface area contributed by atoms with E-state index >= 15 is 0 Å². The number of nitrogens with zero attached hydrogens (tertiary/aromatic N) is 1. The van der Waals surface area contributed by atoms with Crippen molar-refractivity contribution in [3.8, 4) is 11.5 Å². The highest BCUT2D eigenvalue weighted by atomic mass is 16.5. The van der Waals surface area contributed by atoms with Gasteiger partial charge >= 0.3 is 0 Å². The Morgan fingerprint density at radius 1 is 1.21 bits per heavy atom. The van der Waals surface area contributed by atoms with Crippen LogP contribution in [-0.4, -0.2) is 45.5 Å². The number of ether oxygens (including phenoxy) is 2. The van der Waals surface area contributed by atoms with E-state index in [0.717, 1.165) is 30.7 Å². The Labute approximate surface area is 114 Å². The van der Waals surface area contributed by atoms with E-state index < -0.39 is 0 Å². The maximum Gasteiger partial charge on any atom is 0.171 e. The van der Waals surface area contributed by atoms with Crippen LogP contribution >= 0.6 is 0 Å². The minimum absolute atomic E-state index is 0.0449. The Hall–Kier alpha value is -1.55. The smallest absolute Gasteiger partial charge is 0.171 e. The maximum absolute atomic E-state index is 12.6. The molecule has 0 spiro atoms. The van der Waals surface area contributed by atoms with Gasteiger partial charge in [-0.05, 0) is 39.1 Å². The SMILES string of the molecule is COc1ccc(OC)c2c1CCC(CN(C)C)C2=O. The maximum atomic E-state index is 12.6. The average Bonchev–Trinajstić information content (AvgIpc) is 2.40. The molecule has 0 saturated heterocycles. The first-order valence-electron chi connectivity index (χ1n) is 6.51. The fourth-order valence-electron chi connectivity index (χ4n) is 2.76. The minimum Gasteiger partial charge on any atom is -0.496 e. The van der Waals surface area contributed by atoms with Gasteiger partial charge in [-0.2, -0.15) is 0 Å². The van der Waals surface area contributed by atoms with E-state index in [0.29, 0.717) is 11.3 Å².